The molecule has 1 saturated heterocycles. The number of aliphatic hydroxyl groups excluding tert-OH is 1. The summed E-state index contributed by atoms with van der Waals surface area (Å²) >= 11 is 0. The Labute approximate surface area is 104 Å². The van der Waals surface area contributed by atoms with Crippen molar-refractivity contribution >= 4 is 17.7 Å². The van der Waals surface area contributed by atoms with Gasteiger partial charge in [-0.3, -0.25) is 9.69 Å². The zero-order valence-corrected chi connectivity index (χ0v) is 9.76. The van der Waals surface area contributed by atoms with Gasteiger partial charge in [0.05, 0.1) is 13.2 Å². The Morgan fingerprint density at radius 2 is 2.33 bits per heavy atom. The third-order valence-corrected chi connectivity index (χ3v) is 2.58. The van der Waals surface area contributed by atoms with E-state index in [1.54, 1.807) is 24.3 Å². The summed E-state index contributed by atoms with van der Waals surface area (Å²) in [6.45, 7) is 0.943. The van der Waals surface area contributed by atoms with Gasteiger partial charge in [0.2, 0.25) is 0 Å². The standard InChI is InChI=1S/C12H14N2O4/c15-6-4-13-11(16)9-2-1-3-10(8-9)14-5-7-18-12(14)17/h1-3,8,15H,4-7H2,(H,13,16). The van der Waals surface area contributed by atoms with Crippen molar-refractivity contribution in [2.45, 2.75) is 0 Å². The van der Waals surface area contributed by atoms with Crippen LogP contribution in [-0.2, 0) is 4.74 Å². The SMILES string of the molecule is O=C(NCCO)c1cccc(N2CCOC2=O)c1. The molecule has 1 aromatic carbocycles. The summed E-state index contributed by atoms with van der Waals surface area (Å²) in [6, 6.07) is 6.72. The van der Waals surface area contributed by atoms with Crippen LogP contribution in [-0.4, -0.2) is 43.4 Å². The van der Waals surface area contributed by atoms with E-state index in [4.69, 9.17) is 9.84 Å². The molecule has 0 saturated carbocycles. The number of nitrogens with one attached hydrogen (secondary N) is 1. The van der Waals surface area contributed by atoms with Crippen molar-refractivity contribution < 1.29 is 19.4 Å². The molecule has 0 unspecified atom stereocenters. The second-order valence-corrected chi connectivity index (χ2v) is 3.80. The molecule has 0 radical (unpaired) electrons. The number of nitrogens with zero attached hydrogens (tertiary/aromatic N) is 1. The second-order valence-electron chi connectivity index (χ2n) is 3.80. The van der Waals surface area contributed by atoms with Crippen molar-refractivity contribution in [1.29, 1.82) is 0 Å². The fraction of sp³-hybridized carbons (Fsp3) is 0.333. The van der Waals surface area contributed by atoms with E-state index in [2.05, 4.69) is 5.32 Å². The van der Waals surface area contributed by atoms with Crippen LogP contribution in [0.4, 0.5) is 10.5 Å². The molecule has 0 bridgehead atoms. The molecule has 0 aliphatic carbocycles. The lowest BCUT2D eigenvalue weighted by molar-refractivity contribution is 0.0944. The number of ether oxygens (including phenoxy) is 1. The van der Waals surface area contributed by atoms with Crippen molar-refractivity contribution in [2.75, 3.05) is 31.2 Å². The highest BCUT2D eigenvalue weighted by atomic mass is 16.6. The van der Waals surface area contributed by atoms with Gasteiger partial charge < -0.3 is 15.2 Å². The molecule has 6 nitrogen and oxygen atoms in total. The number of cyclic esters (lactones) is 1. The molecular formula is C12H14N2O4. The summed E-state index contributed by atoms with van der Waals surface area (Å²) < 4.78 is 4.84. The number of amides is 2. The number of aliphatic hydroxyl groups is 1. The largest absolute Gasteiger partial charge is 0.447 e. The van der Waals surface area contributed by atoms with E-state index < -0.39 is 6.09 Å². The van der Waals surface area contributed by atoms with Gasteiger partial charge in [-0.15, -0.1) is 0 Å². The van der Waals surface area contributed by atoms with Gasteiger partial charge in [0.15, 0.2) is 0 Å². The third-order valence-electron chi connectivity index (χ3n) is 2.58. The van der Waals surface area contributed by atoms with Crippen molar-refractivity contribution in [2.24, 2.45) is 0 Å². The number of benzene rings is 1. The predicted molar refractivity (Wildman–Crippen MR) is 64.6 cm³/mol. The molecule has 1 heterocycles. The fourth-order valence-electron chi connectivity index (χ4n) is 1.71. The maximum atomic E-state index is 11.7. The molecule has 1 fully saturated rings. The molecule has 96 valence electrons. The van der Waals surface area contributed by atoms with Gasteiger partial charge >= 0.3 is 6.09 Å². The van der Waals surface area contributed by atoms with Crippen molar-refractivity contribution in [3.8, 4) is 0 Å². The Hall–Kier alpha value is -2.08. The first-order chi connectivity index (χ1) is 8.72. The number of hydrogen-bond donors (Lipinski definition) is 2. The summed E-state index contributed by atoms with van der Waals surface area (Å²) in [5.74, 6) is -0.279. The minimum absolute atomic E-state index is 0.107. The average molecular weight is 250 g/mol. The number of carbonyl (C=O) groups excluding carboxylic acids is 2. The molecule has 2 amide bonds. The van der Waals surface area contributed by atoms with Crippen LogP contribution in [0.15, 0.2) is 24.3 Å². The molecule has 1 aliphatic heterocycles. The predicted octanol–water partition coefficient (Wildman–Crippen LogP) is 0.365. The van der Waals surface area contributed by atoms with Crippen molar-refractivity contribution in [3.05, 3.63) is 29.8 Å². The Kier molecular flexibility index (Phi) is 3.78. The molecule has 2 N–H and O–H groups in total. The molecular weight excluding hydrogens is 236 g/mol. The Balaban J connectivity index is 2.14. The van der Waals surface area contributed by atoms with Crippen LogP contribution in [0.3, 0.4) is 0 Å². The zero-order valence-electron chi connectivity index (χ0n) is 9.76. The van der Waals surface area contributed by atoms with Crippen LogP contribution in [0.25, 0.3) is 0 Å². The van der Waals surface area contributed by atoms with Gasteiger partial charge in [-0.2, -0.15) is 0 Å². The smallest absolute Gasteiger partial charge is 0.414 e. The molecule has 0 spiro atoms. The zero-order chi connectivity index (χ0) is 13.0. The minimum atomic E-state index is -0.400. The number of hydrogen-bond acceptors (Lipinski definition) is 4. The summed E-state index contributed by atoms with van der Waals surface area (Å²) in [4.78, 5) is 24.6. The van der Waals surface area contributed by atoms with Crippen molar-refractivity contribution in [3.63, 3.8) is 0 Å². The fourth-order valence-corrected chi connectivity index (χ4v) is 1.71. The molecule has 0 atom stereocenters. The van der Waals surface area contributed by atoms with Crippen LogP contribution >= 0.6 is 0 Å². The van der Waals surface area contributed by atoms with E-state index in [0.29, 0.717) is 24.4 Å². The van der Waals surface area contributed by atoms with Crippen molar-refractivity contribution in [1.82, 2.24) is 5.32 Å². The molecule has 2 rings (SSSR count). The topological polar surface area (TPSA) is 78.9 Å². The summed E-state index contributed by atoms with van der Waals surface area (Å²) in [6.07, 6.45) is -0.400. The molecule has 0 aromatic heterocycles. The lowest BCUT2D eigenvalue weighted by atomic mass is 10.2. The molecule has 6 heteroatoms. The minimum Gasteiger partial charge on any atom is -0.447 e. The quantitative estimate of drug-likeness (QED) is 0.809. The van der Waals surface area contributed by atoms with Gasteiger partial charge in [-0.1, -0.05) is 6.07 Å². The summed E-state index contributed by atoms with van der Waals surface area (Å²) in [5, 5.41) is 11.2. The Morgan fingerprint density at radius 3 is 3.00 bits per heavy atom. The van der Waals surface area contributed by atoms with Crippen LogP contribution in [0.1, 0.15) is 10.4 Å². The highest BCUT2D eigenvalue weighted by Gasteiger charge is 2.23. The molecule has 18 heavy (non-hydrogen) atoms. The van der Waals surface area contributed by atoms with Crippen LogP contribution in [0.2, 0.25) is 0 Å². The van der Waals surface area contributed by atoms with E-state index in [1.807, 2.05) is 0 Å². The average Bonchev–Trinajstić information content (AvgIpc) is 2.82. The van der Waals surface area contributed by atoms with E-state index in [1.165, 1.54) is 4.90 Å². The van der Waals surface area contributed by atoms with Crippen LogP contribution in [0.5, 0.6) is 0 Å². The lowest BCUT2D eigenvalue weighted by Gasteiger charge is -2.13. The normalized spacial score (nSPS) is 14.5. The highest BCUT2D eigenvalue weighted by Crippen LogP contribution is 2.19. The van der Waals surface area contributed by atoms with Gasteiger partial charge in [0, 0.05) is 17.8 Å². The number of carbonyl (C=O) groups is 2. The van der Waals surface area contributed by atoms with Crippen LogP contribution in [0, 0.1) is 0 Å². The number of anilines is 1. The lowest BCUT2D eigenvalue weighted by Crippen LogP contribution is -2.27. The van der Waals surface area contributed by atoms with E-state index in [0.717, 1.165) is 0 Å². The summed E-state index contributed by atoms with van der Waals surface area (Å²) in [5.41, 5.74) is 1.08. The maximum absolute atomic E-state index is 11.7. The number of rotatable bonds is 4. The van der Waals surface area contributed by atoms with Crippen LogP contribution < -0.4 is 10.2 Å². The van der Waals surface area contributed by atoms with Gasteiger partial charge in [0.25, 0.3) is 5.91 Å². The van der Waals surface area contributed by atoms with E-state index in [9.17, 15) is 9.59 Å². The third kappa shape index (κ3) is 2.60. The first kappa shape index (κ1) is 12.4. The summed E-state index contributed by atoms with van der Waals surface area (Å²) in [7, 11) is 0. The van der Waals surface area contributed by atoms with E-state index in [-0.39, 0.29) is 19.1 Å². The van der Waals surface area contributed by atoms with E-state index >= 15 is 0 Å². The Bertz CT molecular complexity index is 461. The second kappa shape index (κ2) is 5.50. The van der Waals surface area contributed by atoms with Gasteiger partial charge in [0.1, 0.15) is 6.61 Å². The maximum Gasteiger partial charge on any atom is 0.414 e. The monoisotopic (exact) mass is 250 g/mol. The Morgan fingerprint density at radius 1 is 1.50 bits per heavy atom. The first-order valence-electron chi connectivity index (χ1n) is 5.66. The molecule has 1 aliphatic rings. The van der Waals surface area contributed by atoms with Gasteiger partial charge in [-0.25, -0.2) is 4.79 Å². The highest BCUT2D eigenvalue weighted by molar-refractivity contribution is 5.97. The van der Waals surface area contributed by atoms with Gasteiger partial charge in [-0.05, 0) is 18.2 Å². The molecule has 1 aromatic rings. The first-order valence-corrected chi connectivity index (χ1v) is 5.66.